The molecule has 0 radical (unpaired) electrons. The lowest BCUT2D eigenvalue weighted by molar-refractivity contribution is 0.635. The molecule has 2 rings (SSSR count). The molecule has 1 heterocycles. The molecule has 1 N–H and O–H groups in total. The Morgan fingerprint density at radius 1 is 1.25 bits per heavy atom. The minimum absolute atomic E-state index is 0.319. The first kappa shape index (κ1) is 15.7. The van der Waals surface area contributed by atoms with Gasteiger partial charge in [-0.15, -0.1) is 0 Å². The van der Waals surface area contributed by atoms with E-state index in [1.165, 1.54) is 0 Å². The standard InChI is InChI=1S/C14H16Cl2N2OS/c1-14(2,3)20(19)17-8-10-6-9-7-11(15)4-5-12(9)18-13(10)16/h4-7,17H,8H2,1-3H3/t20-/m1/s1. The molecule has 0 amide bonds. The van der Waals surface area contributed by atoms with Crippen molar-refractivity contribution in [1.29, 1.82) is 0 Å². The average molecular weight is 331 g/mol. The summed E-state index contributed by atoms with van der Waals surface area (Å²) in [4.78, 5) is 4.32. The number of hydrogen-bond acceptors (Lipinski definition) is 2. The molecule has 0 aliphatic heterocycles. The van der Waals surface area contributed by atoms with E-state index < -0.39 is 11.0 Å². The van der Waals surface area contributed by atoms with Gasteiger partial charge >= 0.3 is 0 Å². The molecule has 0 fully saturated rings. The van der Waals surface area contributed by atoms with E-state index >= 15 is 0 Å². The van der Waals surface area contributed by atoms with Crippen LogP contribution in [-0.4, -0.2) is 13.9 Å². The van der Waals surface area contributed by atoms with Crippen molar-refractivity contribution in [2.24, 2.45) is 0 Å². The number of nitrogens with one attached hydrogen (secondary N) is 1. The van der Waals surface area contributed by atoms with Gasteiger partial charge in [0.25, 0.3) is 0 Å². The first-order valence-corrected chi connectivity index (χ1v) is 8.08. The largest absolute Gasteiger partial charge is 0.242 e. The maximum absolute atomic E-state index is 12.0. The molecule has 0 spiro atoms. The van der Waals surface area contributed by atoms with Crippen LogP contribution in [0.15, 0.2) is 24.3 Å². The Balaban J connectivity index is 2.26. The van der Waals surface area contributed by atoms with E-state index in [1.807, 2.05) is 39.0 Å². The van der Waals surface area contributed by atoms with Gasteiger partial charge in [-0.1, -0.05) is 23.2 Å². The van der Waals surface area contributed by atoms with Crippen molar-refractivity contribution in [3.05, 3.63) is 40.0 Å². The number of aromatic nitrogens is 1. The lowest BCUT2D eigenvalue weighted by atomic mass is 10.1. The van der Waals surface area contributed by atoms with Crippen molar-refractivity contribution in [3.8, 4) is 0 Å². The zero-order valence-electron chi connectivity index (χ0n) is 11.5. The van der Waals surface area contributed by atoms with Gasteiger partial charge in [0.2, 0.25) is 0 Å². The topological polar surface area (TPSA) is 42.0 Å². The van der Waals surface area contributed by atoms with Gasteiger partial charge in [-0.05, 0) is 45.0 Å². The van der Waals surface area contributed by atoms with Crippen LogP contribution in [0.3, 0.4) is 0 Å². The third-order valence-electron chi connectivity index (χ3n) is 2.75. The van der Waals surface area contributed by atoms with Crippen LogP contribution in [0, 0.1) is 0 Å². The molecule has 108 valence electrons. The predicted molar refractivity (Wildman–Crippen MR) is 86.5 cm³/mol. The van der Waals surface area contributed by atoms with Crippen LogP contribution in [0.1, 0.15) is 26.3 Å². The molecule has 0 saturated heterocycles. The Bertz CT molecular complexity index is 668. The summed E-state index contributed by atoms with van der Waals surface area (Å²) in [7, 11) is -1.15. The molecule has 3 nitrogen and oxygen atoms in total. The van der Waals surface area contributed by atoms with Crippen LogP contribution in [0.5, 0.6) is 0 Å². The van der Waals surface area contributed by atoms with E-state index in [1.54, 1.807) is 6.07 Å². The smallest absolute Gasteiger partial charge is 0.134 e. The molecular formula is C14H16Cl2N2OS. The quantitative estimate of drug-likeness (QED) is 0.861. The van der Waals surface area contributed by atoms with Gasteiger partial charge in [0.1, 0.15) is 5.15 Å². The number of fused-ring (bicyclic) bond motifs is 1. The predicted octanol–water partition coefficient (Wildman–Crippen LogP) is 4.09. The Morgan fingerprint density at radius 3 is 2.60 bits per heavy atom. The minimum Gasteiger partial charge on any atom is -0.242 e. The van der Waals surface area contributed by atoms with E-state index in [4.69, 9.17) is 23.2 Å². The summed E-state index contributed by atoms with van der Waals surface area (Å²) >= 11 is 12.1. The summed E-state index contributed by atoms with van der Waals surface area (Å²) in [5.41, 5.74) is 1.60. The second-order valence-electron chi connectivity index (χ2n) is 5.48. The Labute approximate surface area is 131 Å². The van der Waals surface area contributed by atoms with Gasteiger partial charge < -0.3 is 0 Å². The van der Waals surface area contributed by atoms with E-state index in [9.17, 15) is 4.21 Å². The first-order chi connectivity index (χ1) is 9.27. The number of benzene rings is 1. The second-order valence-corrected chi connectivity index (χ2v) is 8.32. The molecule has 2 aromatic rings. The third-order valence-corrected chi connectivity index (χ3v) is 4.83. The van der Waals surface area contributed by atoms with Gasteiger partial charge in [0.15, 0.2) is 0 Å². The highest BCUT2D eigenvalue weighted by Gasteiger charge is 2.19. The van der Waals surface area contributed by atoms with Crippen LogP contribution in [0.2, 0.25) is 10.2 Å². The van der Waals surface area contributed by atoms with E-state index in [2.05, 4.69) is 9.71 Å². The van der Waals surface area contributed by atoms with Crippen LogP contribution in [0.25, 0.3) is 10.9 Å². The first-order valence-electron chi connectivity index (χ1n) is 6.17. The minimum atomic E-state index is -1.15. The van der Waals surface area contributed by atoms with E-state index in [0.717, 1.165) is 16.5 Å². The van der Waals surface area contributed by atoms with Crippen LogP contribution in [0.4, 0.5) is 0 Å². The van der Waals surface area contributed by atoms with Crippen molar-refractivity contribution in [1.82, 2.24) is 9.71 Å². The zero-order valence-corrected chi connectivity index (χ0v) is 13.9. The van der Waals surface area contributed by atoms with Gasteiger partial charge in [0.05, 0.1) is 21.2 Å². The number of halogens is 2. The fraction of sp³-hybridized carbons (Fsp3) is 0.357. The lowest BCUT2D eigenvalue weighted by Crippen LogP contribution is -2.32. The van der Waals surface area contributed by atoms with Crippen molar-refractivity contribution in [3.63, 3.8) is 0 Å². The molecule has 20 heavy (non-hydrogen) atoms. The highest BCUT2D eigenvalue weighted by atomic mass is 35.5. The van der Waals surface area contributed by atoms with Gasteiger partial charge in [0, 0.05) is 22.5 Å². The Kier molecular flexibility index (Phi) is 4.69. The molecule has 1 aromatic carbocycles. The van der Waals surface area contributed by atoms with Gasteiger partial charge in [-0.25, -0.2) is 13.9 Å². The van der Waals surface area contributed by atoms with E-state index in [0.29, 0.717) is 16.7 Å². The fourth-order valence-electron chi connectivity index (χ4n) is 1.65. The fourth-order valence-corrected chi connectivity index (χ4v) is 2.76. The molecule has 6 heteroatoms. The number of nitrogens with zero attached hydrogens (tertiary/aromatic N) is 1. The van der Waals surface area contributed by atoms with Gasteiger partial charge in [-0.2, -0.15) is 0 Å². The Hall–Kier alpha value is -0.680. The zero-order chi connectivity index (χ0) is 14.9. The second kappa shape index (κ2) is 5.98. The number of hydrogen-bond donors (Lipinski definition) is 1. The lowest BCUT2D eigenvalue weighted by Gasteiger charge is -2.18. The Morgan fingerprint density at radius 2 is 1.95 bits per heavy atom. The molecule has 0 unspecified atom stereocenters. The van der Waals surface area contributed by atoms with Crippen molar-refractivity contribution < 1.29 is 4.21 Å². The summed E-state index contributed by atoms with van der Waals surface area (Å²) in [6.07, 6.45) is 0. The third kappa shape index (κ3) is 3.70. The normalized spacial score (nSPS) is 13.7. The monoisotopic (exact) mass is 330 g/mol. The van der Waals surface area contributed by atoms with E-state index in [-0.39, 0.29) is 4.75 Å². The summed E-state index contributed by atoms with van der Waals surface area (Å²) in [5, 5.41) is 1.98. The maximum Gasteiger partial charge on any atom is 0.134 e. The van der Waals surface area contributed by atoms with Crippen LogP contribution < -0.4 is 4.72 Å². The molecular weight excluding hydrogens is 315 g/mol. The number of pyridine rings is 1. The van der Waals surface area contributed by atoms with Crippen molar-refractivity contribution >= 4 is 45.1 Å². The van der Waals surface area contributed by atoms with Gasteiger partial charge in [-0.3, -0.25) is 0 Å². The molecule has 1 atom stereocenters. The summed E-state index contributed by atoms with van der Waals surface area (Å²) < 4.78 is 14.6. The van der Waals surface area contributed by atoms with Crippen molar-refractivity contribution in [2.75, 3.05) is 0 Å². The molecule has 0 saturated carbocycles. The van der Waals surface area contributed by atoms with Crippen LogP contribution >= 0.6 is 23.2 Å². The molecule has 0 aliphatic rings. The molecule has 1 aromatic heterocycles. The highest BCUT2D eigenvalue weighted by Crippen LogP contribution is 2.23. The summed E-state index contributed by atoms with van der Waals surface area (Å²) in [5.74, 6) is 0. The number of rotatable bonds is 3. The maximum atomic E-state index is 12.0. The summed E-state index contributed by atoms with van der Waals surface area (Å²) in [6, 6.07) is 7.36. The molecule has 0 bridgehead atoms. The summed E-state index contributed by atoms with van der Waals surface area (Å²) in [6.45, 7) is 6.14. The SMILES string of the molecule is CC(C)(C)[S@@](=O)NCc1cc2cc(Cl)ccc2nc1Cl. The average Bonchev–Trinajstić information content (AvgIpc) is 2.35. The van der Waals surface area contributed by atoms with Crippen LogP contribution in [-0.2, 0) is 17.5 Å². The van der Waals surface area contributed by atoms with Crippen molar-refractivity contribution in [2.45, 2.75) is 32.1 Å². The molecule has 0 aliphatic carbocycles. The highest BCUT2D eigenvalue weighted by molar-refractivity contribution is 7.84.